The Kier molecular flexibility index (Phi) is 6.31. The van der Waals surface area contributed by atoms with Gasteiger partial charge in [-0.15, -0.1) is 0 Å². The molecule has 1 saturated heterocycles. The number of piperidine rings is 1. The molecule has 3 aromatic rings. The quantitative estimate of drug-likeness (QED) is 0.529. The maximum atomic E-state index is 12.9. The van der Waals surface area contributed by atoms with Gasteiger partial charge >= 0.3 is 0 Å². The van der Waals surface area contributed by atoms with Crippen LogP contribution < -0.4 is 4.74 Å². The van der Waals surface area contributed by atoms with E-state index in [0.717, 1.165) is 18.4 Å². The zero-order valence-electron chi connectivity index (χ0n) is 17.4. The molecule has 1 fully saturated rings. The second-order valence-electron chi connectivity index (χ2n) is 7.82. The lowest BCUT2D eigenvalue weighted by atomic mass is 10.0. The maximum Gasteiger partial charge on any atom is 0.264 e. The van der Waals surface area contributed by atoms with E-state index < -0.39 is 10.0 Å². The first kappa shape index (κ1) is 21.8. The van der Waals surface area contributed by atoms with Crippen LogP contribution in [0.1, 0.15) is 31.2 Å². The molecule has 31 heavy (non-hydrogen) atoms. The topological polar surface area (TPSA) is 85.5 Å². The van der Waals surface area contributed by atoms with Crippen molar-refractivity contribution in [3.05, 3.63) is 58.9 Å². The van der Waals surface area contributed by atoms with Gasteiger partial charge in [-0.2, -0.15) is 9.29 Å². The van der Waals surface area contributed by atoms with Crippen LogP contribution in [-0.2, 0) is 16.6 Å². The van der Waals surface area contributed by atoms with E-state index in [9.17, 15) is 8.42 Å². The highest BCUT2D eigenvalue weighted by Gasteiger charge is 2.28. The zero-order chi connectivity index (χ0) is 22.0. The minimum atomic E-state index is -3.49. The van der Waals surface area contributed by atoms with Crippen LogP contribution >= 0.6 is 11.6 Å². The fraction of sp³-hybridized carbons (Fsp3) is 0.364. The van der Waals surface area contributed by atoms with E-state index in [1.54, 1.807) is 40.7 Å². The third-order valence-electron chi connectivity index (χ3n) is 5.45. The first-order valence-corrected chi connectivity index (χ1v) is 12.0. The molecular formula is C22H24ClN3O4S. The van der Waals surface area contributed by atoms with E-state index >= 15 is 0 Å². The molecule has 1 aliphatic heterocycles. The molecule has 164 valence electrons. The number of benzene rings is 2. The Morgan fingerprint density at radius 1 is 1.16 bits per heavy atom. The van der Waals surface area contributed by atoms with Crippen LogP contribution in [0.15, 0.2) is 51.9 Å². The summed E-state index contributed by atoms with van der Waals surface area (Å²) in [6.07, 6.45) is 1.78. The molecule has 1 aromatic heterocycles. The van der Waals surface area contributed by atoms with Gasteiger partial charge in [0.1, 0.15) is 5.75 Å². The fourth-order valence-corrected chi connectivity index (χ4v) is 5.19. The van der Waals surface area contributed by atoms with E-state index in [1.807, 2.05) is 13.0 Å². The number of aromatic nitrogens is 2. The van der Waals surface area contributed by atoms with Crippen molar-refractivity contribution in [3.8, 4) is 17.1 Å². The van der Waals surface area contributed by atoms with E-state index in [4.69, 9.17) is 20.9 Å². The number of hydrogen-bond acceptors (Lipinski definition) is 6. The summed E-state index contributed by atoms with van der Waals surface area (Å²) in [5.74, 6) is 1.95. The van der Waals surface area contributed by atoms with Gasteiger partial charge in [0.25, 0.3) is 5.89 Å². The van der Waals surface area contributed by atoms with Gasteiger partial charge in [-0.1, -0.05) is 23.7 Å². The lowest BCUT2D eigenvalue weighted by Gasteiger charge is -2.29. The molecule has 0 atom stereocenters. The molecule has 0 bridgehead atoms. The average Bonchev–Trinajstić information content (AvgIpc) is 3.23. The Labute approximate surface area is 187 Å². The Morgan fingerprint density at radius 3 is 2.55 bits per heavy atom. The first-order chi connectivity index (χ1) is 14.8. The third kappa shape index (κ3) is 4.92. The monoisotopic (exact) mass is 461 g/mol. The summed E-state index contributed by atoms with van der Waals surface area (Å²) in [6.45, 7) is 5.30. The highest BCUT2D eigenvalue weighted by Crippen LogP contribution is 2.26. The summed E-state index contributed by atoms with van der Waals surface area (Å²) >= 11 is 5.96. The molecule has 0 aliphatic carbocycles. The molecule has 2 heterocycles. The number of aryl methyl sites for hydroxylation is 1. The van der Waals surface area contributed by atoms with E-state index in [-0.39, 0.29) is 11.5 Å². The fourth-order valence-electron chi connectivity index (χ4n) is 3.50. The molecule has 0 amide bonds. The minimum Gasteiger partial charge on any atom is -0.483 e. The van der Waals surface area contributed by atoms with Crippen molar-refractivity contribution >= 4 is 21.6 Å². The number of hydrogen-bond donors (Lipinski definition) is 0. The molecule has 0 radical (unpaired) electrons. The number of halogens is 1. The summed E-state index contributed by atoms with van der Waals surface area (Å²) in [4.78, 5) is 4.62. The van der Waals surface area contributed by atoms with Crippen LogP contribution in [0, 0.1) is 12.8 Å². The normalized spacial score (nSPS) is 15.8. The summed E-state index contributed by atoms with van der Waals surface area (Å²) in [7, 11) is -3.49. The second kappa shape index (κ2) is 8.98. The van der Waals surface area contributed by atoms with Gasteiger partial charge in [0.2, 0.25) is 15.8 Å². The van der Waals surface area contributed by atoms with Crippen LogP contribution in [0.5, 0.6) is 5.75 Å². The van der Waals surface area contributed by atoms with Crippen LogP contribution in [0.3, 0.4) is 0 Å². The van der Waals surface area contributed by atoms with E-state index in [0.29, 0.717) is 47.1 Å². The number of rotatable bonds is 6. The van der Waals surface area contributed by atoms with Gasteiger partial charge in [-0.25, -0.2) is 8.42 Å². The van der Waals surface area contributed by atoms with Crippen LogP contribution in [0.2, 0.25) is 5.02 Å². The number of ether oxygens (including phenoxy) is 1. The van der Waals surface area contributed by atoms with Crippen molar-refractivity contribution in [2.45, 2.75) is 38.2 Å². The van der Waals surface area contributed by atoms with E-state index in [1.165, 1.54) is 0 Å². The lowest BCUT2D eigenvalue weighted by molar-refractivity contribution is 0.242. The van der Waals surface area contributed by atoms with Gasteiger partial charge in [-0.3, -0.25) is 0 Å². The highest BCUT2D eigenvalue weighted by molar-refractivity contribution is 7.89. The van der Waals surface area contributed by atoms with Crippen LogP contribution in [0.4, 0.5) is 0 Å². The highest BCUT2D eigenvalue weighted by atomic mass is 35.5. The zero-order valence-corrected chi connectivity index (χ0v) is 19.0. The van der Waals surface area contributed by atoms with Gasteiger partial charge in [-0.05, 0) is 73.7 Å². The van der Waals surface area contributed by atoms with Crippen molar-refractivity contribution in [3.63, 3.8) is 0 Å². The Morgan fingerprint density at radius 2 is 1.87 bits per heavy atom. The molecule has 4 rings (SSSR count). The molecule has 9 heteroatoms. The van der Waals surface area contributed by atoms with Crippen molar-refractivity contribution in [1.82, 2.24) is 14.4 Å². The summed E-state index contributed by atoms with van der Waals surface area (Å²) < 4.78 is 38.3. The van der Waals surface area contributed by atoms with Crippen molar-refractivity contribution in [2.24, 2.45) is 5.92 Å². The lowest BCUT2D eigenvalue weighted by Crippen LogP contribution is -2.37. The predicted molar refractivity (Wildman–Crippen MR) is 117 cm³/mol. The smallest absolute Gasteiger partial charge is 0.264 e. The molecular weight excluding hydrogens is 438 g/mol. The Hall–Kier alpha value is -2.42. The van der Waals surface area contributed by atoms with Crippen molar-refractivity contribution in [1.29, 1.82) is 0 Å². The van der Waals surface area contributed by atoms with Gasteiger partial charge in [0.15, 0.2) is 6.61 Å². The summed E-state index contributed by atoms with van der Waals surface area (Å²) in [6, 6.07) is 11.9. The van der Waals surface area contributed by atoms with Crippen LogP contribution in [-0.4, -0.2) is 36.0 Å². The molecule has 0 spiro atoms. The summed E-state index contributed by atoms with van der Waals surface area (Å²) in [5, 5.41) is 4.62. The standard InChI is InChI=1S/C22H24ClN3O4S/c1-15-9-11-26(12-10-15)31(27,28)19-6-3-17(4-7-19)22-24-21(30-25-22)14-29-20-8-5-18(23)13-16(20)2/h3-8,13,15H,9-12,14H2,1-2H3. The largest absolute Gasteiger partial charge is 0.483 e. The predicted octanol–water partition coefficient (Wildman–Crippen LogP) is 4.70. The Bertz CT molecular complexity index is 1150. The summed E-state index contributed by atoms with van der Waals surface area (Å²) in [5.41, 5.74) is 1.58. The van der Waals surface area contributed by atoms with Crippen molar-refractivity contribution in [2.75, 3.05) is 13.1 Å². The third-order valence-corrected chi connectivity index (χ3v) is 7.60. The molecule has 1 aliphatic rings. The van der Waals surface area contributed by atoms with Gasteiger partial charge in [0.05, 0.1) is 4.90 Å². The molecule has 0 saturated carbocycles. The minimum absolute atomic E-state index is 0.120. The van der Waals surface area contributed by atoms with Gasteiger partial charge < -0.3 is 9.26 Å². The molecule has 0 N–H and O–H groups in total. The SMILES string of the molecule is Cc1cc(Cl)ccc1OCc1nc(-c2ccc(S(=O)(=O)N3CCC(C)CC3)cc2)no1. The van der Waals surface area contributed by atoms with Crippen LogP contribution in [0.25, 0.3) is 11.4 Å². The second-order valence-corrected chi connectivity index (χ2v) is 10.2. The van der Waals surface area contributed by atoms with Crippen molar-refractivity contribution < 1.29 is 17.7 Å². The number of sulfonamides is 1. The Balaban J connectivity index is 1.43. The number of nitrogens with zero attached hydrogens (tertiary/aromatic N) is 3. The molecule has 0 unspecified atom stereocenters. The molecule has 7 nitrogen and oxygen atoms in total. The average molecular weight is 462 g/mol. The molecule has 2 aromatic carbocycles. The van der Waals surface area contributed by atoms with Gasteiger partial charge in [0, 0.05) is 23.7 Å². The maximum absolute atomic E-state index is 12.9. The first-order valence-electron chi connectivity index (χ1n) is 10.1. The van der Waals surface area contributed by atoms with E-state index in [2.05, 4.69) is 17.1 Å².